The third-order valence-corrected chi connectivity index (χ3v) is 1.70. The Morgan fingerprint density at radius 1 is 1.71 bits per heavy atom. The van der Waals surface area contributed by atoms with Crippen molar-refractivity contribution in [1.82, 2.24) is 4.98 Å². The maximum Gasteiger partial charge on any atom is 0.308 e. The van der Waals surface area contributed by atoms with E-state index in [-0.39, 0.29) is 12.0 Å². The number of carbonyl (C=O) groups excluding carboxylic acids is 1. The van der Waals surface area contributed by atoms with Gasteiger partial charge in [0.2, 0.25) is 0 Å². The third-order valence-electron chi connectivity index (χ3n) is 1.70. The predicted molar refractivity (Wildman–Crippen MR) is 45.8 cm³/mol. The molecule has 14 heavy (non-hydrogen) atoms. The number of nitrogens with zero attached hydrogens (tertiary/aromatic N) is 1. The summed E-state index contributed by atoms with van der Waals surface area (Å²) in [4.78, 5) is 14.3. The number of aliphatic hydroxyl groups excluding tert-OH is 1. The van der Waals surface area contributed by atoms with Crippen molar-refractivity contribution in [1.29, 1.82) is 0 Å². The van der Waals surface area contributed by atoms with Gasteiger partial charge in [-0.3, -0.25) is 9.78 Å². The summed E-state index contributed by atoms with van der Waals surface area (Å²) in [6.45, 7) is 0. The first-order chi connectivity index (χ1) is 6.63. The van der Waals surface area contributed by atoms with Crippen LogP contribution in [0, 0.1) is 5.82 Å². The number of rotatable bonds is 3. The number of pyridine rings is 1. The lowest BCUT2D eigenvalue weighted by atomic mass is 10.1. The second kappa shape index (κ2) is 4.66. The molecule has 5 heteroatoms. The second-order valence-corrected chi connectivity index (χ2v) is 2.73. The van der Waals surface area contributed by atoms with Crippen LogP contribution < -0.4 is 0 Å². The van der Waals surface area contributed by atoms with Crippen molar-refractivity contribution in [2.45, 2.75) is 12.5 Å². The van der Waals surface area contributed by atoms with E-state index < -0.39 is 17.9 Å². The fraction of sp³-hybridized carbons (Fsp3) is 0.333. The van der Waals surface area contributed by atoms with Gasteiger partial charge in [0.05, 0.1) is 25.8 Å². The first-order valence-corrected chi connectivity index (χ1v) is 3.99. The minimum atomic E-state index is -1.08. The smallest absolute Gasteiger partial charge is 0.308 e. The largest absolute Gasteiger partial charge is 0.469 e. The number of methoxy groups -OCH3 is 1. The Kier molecular flexibility index (Phi) is 3.53. The second-order valence-electron chi connectivity index (χ2n) is 2.73. The van der Waals surface area contributed by atoms with E-state index in [0.29, 0.717) is 0 Å². The van der Waals surface area contributed by atoms with Crippen LogP contribution in [0.3, 0.4) is 0 Å². The first kappa shape index (κ1) is 10.6. The van der Waals surface area contributed by atoms with Crippen molar-refractivity contribution in [3.8, 4) is 0 Å². The van der Waals surface area contributed by atoms with Crippen LogP contribution in [0.15, 0.2) is 18.5 Å². The van der Waals surface area contributed by atoms with Crippen LogP contribution in [-0.2, 0) is 9.53 Å². The Labute approximate surface area is 80.3 Å². The van der Waals surface area contributed by atoms with Crippen LogP contribution in [0.5, 0.6) is 0 Å². The lowest BCUT2D eigenvalue weighted by molar-refractivity contribution is -0.142. The molecule has 0 bridgehead atoms. The Bertz CT molecular complexity index is 330. The van der Waals surface area contributed by atoms with Crippen LogP contribution in [-0.4, -0.2) is 23.2 Å². The van der Waals surface area contributed by atoms with E-state index in [1.165, 1.54) is 13.3 Å². The minimum absolute atomic E-state index is 0.207. The Morgan fingerprint density at radius 3 is 3.00 bits per heavy atom. The van der Waals surface area contributed by atoms with Gasteiger partial charge in [0.1, 0.15) is 5.82 Å². The lowest BCUT2D eigenvalue weighted by Gasteiger charge is -2.08. The Morgan fingerprint density at radius 2 is 2.43 bits per heavy atom. The standard InChI is InChI=1S/C9H10FNO3/c1-14-9(13)3-8(12)6-2-7(10)5-11-4-6/h2,4-5,8,12H,3H2,1H3/t8-/m0/s1. The molecule has 1 heterocycles. The summed E-state index contributed by atoms with van der Waals surface area (Å²) >= 11 is 0. The highest BCUT2D eigenvalue weighted by Crippen LogP contribution is 2.16. The fourth-order valence-corrected chi connectivity index (χ4v) is 0.970. The van der Waals surface area contributed by atoms with Crippen LogP contribution in [0.2, 0.25) is 0 Å². The molecule has 1 aromatic rings. The summed E-state index contributed by atoms with van der Waals surface area (Å²) in [7, 11) is 1.22. The van der Waals surface area contributed by atoms with E-state index in [2.05, 4.69) is 9.72 Å². The van der Waals surface area contributed by atoms with Gasteiger partial charge < -0.3 is 9.84 Å². The molecule has 0 spiro atoms. The van der Waals surface area contributed by atoms with Gasteiger partial charge in [-0.15, -0.1) is 0 Å². The van der Waals surface area contributed by atoms with Gasteiger partial charge >= 0.3 is 5.97 Å². The third kappa shape index (κ3) is 2.77. The van der Waals surface area contributed by atoms with Crippen LogP contribution in [0.1, 0.15) is 18.1 Å². The Hall–Kier alpha value is -1.49. The van der Waals surface area contributed by atoms with Gasteiger partial charge in [-0.1, -0.05) is 0 Å². The molecule has 76 valence electrons. The molecule has 0 aliphatic rings. The fourth-order valence-electron chi connectivity index (χ4n) is 0.970. The molecule has 0 radical (unpaired) electrons. The number of hydrogen-bond donors (Lipinski definition) is 1. The van der Waals surface area contributed by atoms with E-state index in [1.807, 2.05) is 0 Å². The van der Waals surface area contributed by atoms with E-state index >= 15 is 0 Å². The highest BCUT2D eigenvalue weighted by molar-refractivity contribution is 5.69. The molecule has 1 aromatic heterocycles. The summed E-state index contributed by atoms with van der Waals surface area (Å²) in [6, 6.07) is 1.13. The topological polar surface area (TPSA) is 59.4 Å². The molecule has 0 fully saturated rings. The van der Waals surface area contributed by atoms with Gasteiger partial charge in [-0.25, -0.2) is 4.39 Å². The van der Waals surface area contributed by atoms with Crippen LogP contribution in [0.25, 0.3) is 0 Å². The molecule has 4 nitrogen and oxygen atoms in total. The molecular weight excluding hydrogens is 189 g/mol. The zero-order valence-corrected chi connectivity index (χ0v) is 7.61. The molecule has 0 saturated heterocycles. The summed E-state index contributed by atoms with van der Waals surface area (Å²) in [5.41, 5.74) is 0.260. The average molecular weight is 199 g/mol. The van der Waals surface area contributed by atoms with E-state index in [0.717, 1.165) is 12.3 Å². The molecular formula is C9H10FNO3. The van der Waals surface area contributed by atoms with Crippen LogP contribution >= 0.6 is 0 Å². The zero-order valence-electron chi connectivity index (χ0n) is 7.61. The molecule has 0 aromatic carbocycles. The van der Waals surface area contributed by atoms with Crippen molar-refractivity contribution in [2.75, 3.05) is 7.11 Å². The van der Waals surface area contributed by atoms with Crippen molar-refractivity contribution in [3.63, 3.8) is 0 Å². The molecule has 1 atom stereocenters. The number of esters is 1. The number of hydrogen-bond acceptors (Lipinski definition) is 4. The molecule has 0 aliphatic heterocycles. The van der Waals surface area contributed by atoms with Crippen molar-refractivity contribution >= 4 is 5.97 Å². The number of aliphatic hydroxyl groups is 1. The van der Waals surface area contributed by atoms with E-state index in [1.54, 1.807) is 0 Å². The highest BCUT2D eigenvalue weighted by atomic mass is 19.1. The first-order valence-electron chi connectivity index (χ1n) is 3.99. The molecule has 0 unspecified atom stereocenters. The highest BCUT2D eigenvalue weighted by Gasteiger charge is 2.13. The maximum atomic E-state index is 12.7. The summed E-state index contributed by atoms with van der Waals surface area (Å²) in [5.74, 6) is -1.10. The van der Waals surface area contributed by atoms with Gasteiger partial charge in [-0.05, 0) is 6.07 Å². The molecule has 1 N–H and O–H groups in total. The van der Waals surface area contributed by atoms with E-state index in [4.69, 9.17) is 0 Å². The van der Waals surface area contributed by atoms with Gasteiger partial charge in [0.15, 0.2) is 0 Å². The van der Waals surface area contributed by atoms with E-state index in [9.17, 15) is 14.3 Å². The maximum absolute atomic E-state index is 12.7. The van der Waals surface area contributed by atoms with Crippen LogP contribution in [0.4, 0.5) is 4.39 Å². The number of halogens is 1. The van der Waals surface area contributed by atoms with Gasteiger partial charge in [-0.2, -0.15) is 0 Å². The quantitative estimate of drug-likeness (QED) is 0.732. The van der Waals surface area contributed by atoms with Gasteiger partial charge in [0, 0.05) is 11.8 Å². The molecule has 0 aliphatic carbocycles. The monoisotopic (exact) mass is 199 g/mol. The predicted octanol–water partition coefficient (Wildman–Crippen LogP) is 0.817. The van der Waals surface area contributed by atoms with Gasteiger partial charge in [0.25, 0.3) is 0 Å². The zero-order chi connectivity index (χ0) is 10.6. The number of aromatic nitrogens is 1. The minimum Gasteiger partial charge on any atom is -0.469 e. The summed E-state index contributed by atoms with van der Waals surface area (Å²) < 4.78 is 17.0. The average Bonchev–Trinajstić information content (AvgIpc) is 2.17. The Balaban J connectivity index is 2.69. The molecule has 0 saturated carbocycles. The molecule has 1 rings (SSSR count). The SMILES string of the molecule is COC(=O)C[C@H](O)c1cncc(F)c1. The van der Waals surface area contributed by atoms with Crippen molar-refractivity contribution in [2.24, 2.45) is 0 Å². The summed E-state index contributed by atoms with van der Waals surface area (Å²) in [6.07, 6.45) is 1.04. The number of carbonyl (C=O) groups is 1. The normalized spacial score (nSPS) is 12.2. The number of ether oxygens (including phenoxy) is 1. The van der Waals surface area contributed by atoms with Crippen molar-refractivity contribution < 1.29 is 19.0 Å². The van der Waals surface area contributed by atoms with Crippen molar-refractivity contribution in [3.05, 3.63) is 29.8 Å². The lowest BCUT2D eigenvalue weighted by Crippen LogP contribution is -2.08. The molecule has 0 amide bonds. The summed E-state index contributed by atoms with van der Waals surface area (Å²) in [5, 5.41) is 9.44.